The second kappa shape index (κ2) is 8.65. The number of pyridine rings is 1. The number of aromatic nitrogens is 3. The summed E-state index contributed by atoms with van der Waals surface area (Å²) >= 11 is 0. The average Bonchev–Trinajstić information content (AvgIpc) is 3.38. The molecule has 4 aromatic rings. The lowest BCUT2D eigenvalue weighted by Crippen LogP contribution is -2.49. The highest BCUT2D eigenvalue weighted by atomic mass is 16.3. The second-order valence-electron chi connectivity index (χ2n) is 8.71. The van der Waals surface area contributed by atoms with Crippen LogP contribution in [-0.4, -0.2) is 51.9 Å². The van der Waals surface area contributed by atoms with Crippen molar-refractivity contribution in [3.8, 4) is 11.5 Å². The highest BCUT2D eigenvalue weighted by molar-refractivity contribution is 6.07. The Morgan fingerprint density at radius 3 is 2.48 bits per heavy atom. The number of piperazine rings is 1. The Morgan fingerprint density at radius 2 is 1.76 bits per heavy atom. The lowest BCUT2D eigenvalue weighted by molar-refractivity contribution is 0.0748. The molecule has 168 valence electrons. The number of benzene rings is 1. The van der Waals surface area contributed by atoms with Gasteiger partial charge >= 0.3 is 0 Å². The summed E-state index contributed by atoms with van der Waals surface area (Å²) in [5.41, 5.74) is 3.07. The van der Waals surface area contributed by atoms with Crippen molar-refractivity contribution in [2.45, 2.75) is 26.7 Å². The first kappa shape index (κ1) is 21.1. The molecule has 33 heavy (non-hydrogen) atoms. The number of carbonyl (C=O) groups is 1. The van der Waals surface area contributed by atoms with Crippen LogP contribution in [0.25, 0.3) is 22.4 Å². The number of anilines is 1. The number of para-hydroxylation sites is 1. The van der Waals surface area contributed by atoms with Gasteiger partial charge < -0.3 is 14.2 Å². The third kappa shape index (κ3) is 4.18. The van der Waals surface area contributed by atoms with E-state index in [-0.39, 0.29) is 11.8 Å². The number of furan rings is 1. The van der Waals surface area contributed by atoms with Crippen molar-refractivity contribution in [3.63, 3.8) is 0 Å². The molecule has 5 rings (SSSR count). The van der Waals surface area contributed by atoms with Crippen LogP contribution in [0.1, 0.15) is 41.6 Å². The lowest BCUT2D eigenvalue weighted by Gasteiger charge is -2.36. The van der Waals surface area contributed by atoms with E-state index in [1.807, 2.05) is 60.4 Å². The number of aryl methyl sites for hydroxylation is 1. The summed E-state index contributed by atoms with van der Waals surface area (Å²) in [5, 5.41) is 0.855. The molecule has 0 N–H and O–H groups in total. The fourth-order valence-corrected chi connectivity index (χ4v) is 4.21. The average molecular weight is 442 g/mol. The van der Waals surface area contributed by atoms with E-state index < -0.39 is 0 Å². The number of hydrogen-bond acceptors (Lipinski definition) is 6. The Kier molecular flexibility index (Phi) is 5.54. The molecule has 1 aromatic carbocycles. The van der Waals surface area contributed by atoms with Crippen molar-refractivity contribution in [3.05, 3.63) is 71.9 Å². The second-order valence-corrected chi connectivity index (χ2v) is 8.71. The van der Waals surface area contributed by atoms with Gasteiger partial charge in [-0.25, -0.2) is 15.0 Å². The van der Waals surface area contributed by atoms with Crippen LogP contribution in [0.4, 0.5) is 5.82 Å². The Hall–Kier alpha value is -3.74. The van der Waals surface area contributed by atoms with Crippen molar-refractivity contribution >= 4 is 22.6 Å². The molecule has 1 amide bonds. The van der Waals surface area contributed by atoms with Gasteiger partial charge in [-0.3, -0.25) is 4.79 Å². The summed E-state index contributed by atoms with van der Waals surface area (Å²) < 4.78 is 5.54. The Balaban J connectivity index is 1.40. The molecule has 3 aromatic heterocycles. The predicted octanol–water partition coefficient (Wildman–Crippen LogP) is 4.68. The number of nitrogens with zero attached hydrogens (tertiary/aromatic N) is 5. The smallest absolute Gasteiger partial charge is 0.254 e. The minimum atomic E-state index is 0.0165. The Labute approximate surface area is 193 Å². The van der Waals surface area contributed by atoms with Crippen molar-refractivity contribution < 1.29 is 9.21 Å². The summed E-state index contributed by atoms with van der Waals surface area (Å²) in [6.07, 6.45) is 1.62. The zero-order chi connectivity index (χ0) is 22.9. The van der Waals surface area contributed by atoms with E-state index >= 15 is 0 Å². The van der Waals surface area contributed by atoms with Gasteiger partial charge in [0.1, 0.15) is 17.3 Å². The number of hydrogen-bond donors (Lipinski definition) is 0. The van der Waals surface area contributed by atoms with Crippen LogP contribution in [0.5, 0.6) is 0 Å². The van der Waals surface area contributed by atoms with Crippen molar-refractivity contribution in [1.29, 1.82) is 0 Å². The van der Waals surface area contributed by atoms with Crippen LogP contribution in [-0.2, 0) is 0 Å². The number of amides is 1. The third-order valence-corrected chi connectivity index (χ3v) is 5.99. The summed E-state index contributed by atoms with van der Waals surface area (Å²) in [6.45, 7) is 8.93. The van der Waals surface area contributed by atoms with Crippen LogP contribution < -0.4 is 4.90 Å². The molecular weight excluding hydrogens is 414 g/mol. The molecule has 7 nitrogen and oxygen atoms in total. The van der Waals surface area contributed by atoms with Gasteiger partial charge in [0.25, 0.3) is 5.91 Å². The summed E-state index contributed by atoms with van der Waals surface area (Å²) in [7, 11) is 0. The molecule has 0 saturated carbocycles. The van der Waals surface area contributed by atoms with E-state index in [2.05, 4.69) is 23.7 Å². The number of rotatable bonds is 4. The van der Waals surface area contributed by atoms with Crippen LogP contribution in [0.15, 0.2) is 59.2 Å². The topological polar surface area (TPSA) is 75.4 Å². The molecular formula is C26H27N5O2. The molecule has 4 heterocycles. The molecule has 1 saturated heterocycles. The largest absolute Gasteiger partial charge is 0.463 e. The van der Waals surface area contributed by atoms with Gasteiger partial charge in [-0.15, -0.1) is 0 Å². The van der Waals surface area contributed by atoms with Crippen LogP contribution in [0.3, 0.4) is 0 Å². The van der Waals surface area contributed by atoms with Gasteiger partial charge in [0.15, 0.2) is 5.76 Å². The SMILES string of the molecule is Cc1cc(N2CCN(C(=O)c3cc(-c4ccco4)nc4ccccc34)CC2)nc(C(C)C)n1. The normalized spacial score (nSPS) is 14.3. The van der Waals surface area contributed by atoms with E-state index in [9.17, 15) is 4.79 Å². The molecule has 7 heteroatoms. The summed E-state index contributed by atoms with van der Waals surface area (Å²) in [5.74, 6) is 2.74. The minimum absolute atomic E-state index is 0.0165. The first-order chi connectivity index (χ1) is 16.0. The standard InChI is InChI=1S/C26H27N5O2/c1-17(2)25-27-18(3)15-24(29-25)30-10-12-31(13-11-30)26(32)20-16-22(23-9-6-14-33-23)28-21-8-5-4-7-19(20)21/h4-9,14-17H,10-13H2,1-3H3. The highest BCUT2D eigenvalue weighted by Crippen LogP contribution is 2.27. The summed E-state index contributed by atoms with van der Waals surface area (Å²) in [4.78, 5) is 31.8. The molecule has 0 unspecified atom stereocenters. The molecule has 1 aliphatic heterocycles. The number of carbonyl (C=O) groups excluding carboxylic acids is 1. The quantitative estimate of drug-likeness (QED) is 0.458. The van der Waals surface area contributed by atoms with Crippen LogP contribution in [0.2, 0.25) is 0 Å². The maximum atomic E-state index is 13.6. The molecule has 0 spiro atoms. The molecule has 0 bridgehead atoms. The van der Waals surface area contributed by atoms with Crippen molar-refractivity contribution in [1.82, 2.24) is 19.9 Å². The Morgan fingerprint density at radius 1 is 0.970 bits per heavy atom. The van der Waals surface area contributed by atoms with E-state index in [1.54, 1.807) is 6.26 Å². The first-order valence-electron chi connectivity index (χ1n) is 11.3. The van der Waals surface area contributed by atoms with E-state index in [4.69, 9.17) is 14.4 Å². The molecule has 0 aliphatic carbocycles. The third-order valence-electron chi connectivity index (χ3n) is 5.99. The molecule has 0 atom stereocenters. The fraction of sp³-hybridized carbons (Fsp3) is 0.308. The molecule has 1 aliphatic rings. The van der Waals surface area contributed by atoms with Gasteiger partial charge in [-0.2, -0.15) is 0 Å². The van der Waals surface area contributed by atoms with E-state index in [0.717, 1.165) is 41.3 Å². The fourth-order valence-electron chi connectivity index (χ4n) is 4.21. The Bertz CT molecular complexity index is 1290. The lowest BCUT2D eigenvalue weighted by atomic mass is 10.0. The van der Waals surface area contributed by atoms with Gasteiger partial charge in [-0.1, -0.05) is 32.0 Å². The monoisotopic (exact) mass is 441 g/mol. The highest BCUT2D eigenvalue weighted by Gasteiger charge is 2.25. The zero-order valence-electron chi connectivity index (χ0n) is 19.2. The summed E-state index contributed by atoms with van der Waals surface area (Å²) in [6, 6.07) is 15.3. The van der Waals surface area contributed by atoms with Crippen LogP contribution >= 0.6 is 0 Å². The van der Waals surface area contributed by atoms with Crippen LogP contribution in [0, 0.1) is 6.92 Å². The van der Waals surface area contributed by atoms with Gasteiger partial charge in [0.2, 0.25) is 0 Å². The molecule has 1 fully saturated rings. The van der Waals surface area contributed by atoms with E-state index in [0.29, 0.717) is 30.1 Å². The van der Waals surface area contributed by atoms with Crippen molar-refractivity contribution in [2.24, 2.45) is 0 Å². The zero-order valence-corrected chi connectivity index (χ0v) is 19.2. The van der Waals surface area contributed by atoms with Gasteiger partial charge in [0.05, 0.1) is 17.3 Å². The van der Waals surface area contributed by atoms with Gasteiger partial charge in [-0.05, 0) is 31.2 Å². The van der Waals surface area contributed by atoms with Crippen molar-refractivity contribution in [2.75, 3.05) is 31.1 Å². The predicted molar refractivity (Wildman–Crippen MR) is 128 cm³/mol. The van der Waals surface area contributed by atoms with Gasteiger partial charge in [0, 0.05) is 49.2 Å². The maximum absolute atomic E-state index is 13.6. The van der Waals surface area contributed by atoms with E-state index in [1.165, 1.54) is 0 Å². The maximum Gasteiger partial charge on any atom is 0.254 e. The minimum Gasteiger partial charge on any atom is -0.463 e. The molecule has 0 radical (unpaired) electrons. The number of fused-ring (bicyclic) bond motifs is 1. The first-order valence-corrected chi connectivity index (χ1v) is 11.3.